The molecule has 1 aliphatic carbocycles. The van der Waals surface area contributed by atoms with Crippen LogP contribution in [0.15, 0.2) is 59.7 Å². The molecule has 0 aliphatic heterocycles. The maximum absolute atomic E-state index is 10.4. The van der Waals surface area contributed by atoms with Crippen molar-refractivity contribution in [3.63, 3.8) is 0 Å². The van der Waals surface area contributed by atoms with E-state index in [1.54, 1.807) is 0 Å². The molecule has 0 spiro atoms. The predicted molar refractivity (Wildman–Crippen MR) is 87.2 cm³/mol. The van der Waals surface area contributed by atoms with Gasteiger partial charge in [0.15, 0.2) is 0 Å². The SMILES string of the molecule is [N-]=[N+]=N[C@]1(c2ccc(-c3ccccc3)cc2)CCCC[C@@H]1O. The van der Waals surface area contributed by atoms with Gasteiger partial charge in [0, 0.05) is 4.91 Å². The molecule has 4 nitrogen and oxygen atoms in total. The van der Waals surface area contributed by atoms with Crippen LogP contribution in [-0.4, -0.2) is 11.2 Å². The first kappa shape index (κ1) is 14.6. The van der Waals surface area contributed by atoms with E-state index in [0.717, 1.165) is 29.5 Å². The van der Waals surface area contributed by atoms with E-state index < -0.39 is 11.6 Å². The fourth-order valence-electron chi connectivity index (χ4n) is 3.31. The fourth-order valence-corrected chi connectivity index (χ4v) is 3.31. The van der Waals surface area contributed by atoms with Crippen molar-refractivity contribution in [1.82, 2.24) is 0 Å². The van der Waals surface area contributed by atoms with Crippen LogP contribution in [0.2, 0.25) is 0 Å². The van der Waals surface area contributed by atoms with Crippen molar-refractivity contribution < 1.29 is 5.11 Å². The average molecular weight is 293 g/mol. The van der Waals surface area contributed by atoms with E-state index in [2.05, 4.69) is 22.2 Å². The molecule has 1 fully saturated rings. The highest BCUT2D eigenvalue weighted by Gasteiger charge is 2.40. The van der Waals surface area contributed by atoms with Gasteiger partial charge in [0.05, 0.1) is 11.6 Å². The number of azide groups is 1. The highest BCUT2D eigenvalue weighted by molar-refractivity contribution is 5.63. The summed E-state index contributed by atoms with van der Waals surface area (Å²) in [4.78, 5) is 3.00. The molecule has 2 atom stereocenters. The lowest BCUT2D eigenvalue weighted by Gasteiger charge is -2.38. The lowest BCUT2D eigenvalue weighted by atomic mass is 9.75. The molecule has 0 heterocycles. The van der Waals surface area contributed by atoms with E-state index in [0.29, 0.717) is 12.8 Å². The number of hydrogen-bond acceptors (Lipinski definition) is 2. The molecule has 0 amide bonds. The van der Waals surface area contributed by atoms with Crippen molar-refractivity contribution in [2.24, 2.45) is 5.11 Å². The molecule has 112 valence electrons. The molecule has 0 radical (unpaired) electrons. The molecular weight excluding hydrogens is 274 g/mol. The predicted octanol–water partition coefficient (Wildman–Crippen LogP) is 4.79. The fraction of sp³-hybridized carbons (Fsp3) is 0.333. The molecule has 0 aromatic heterocycles. The summed E-state index contributed by atoms with van der Waals surface area (Å²) in [5.41, 5.74) is 11.3. The lowest BCUT2D eigenvalue weighted by Crippen LogP contribution is -2.40. The van der Waals surface area contributed by atoms with Crippen LogP contribution in [0.1, 0.15) is 31.2 Å². The van der Waals surface area contributed by atoms with Crippen LogP contribution in [0, 0.1) is 0 Å². The third-order valence-corrected chi connectivity index (χ3v) is 4.55. The molecule has 1 N–H and O–H groups in total. The summed E-state index contributed by atoms with van der Waals surface area (Å²) in [6.07, 6.45) is 2.71. The minimum Gasteiger partial charge on any atom is -0.392 e. The Bertz CT molecular complexity index is 677. The Hall–Kier alpha value is -2.29. The summed E-state index contributed by atoms with van der Waals surface area (Å²) in [7, 11) is 0. The van der Waals surface area contributed by atoms with Crippen LogP contribution in [0.4, 0.5) is 0 Å². The van der Waals surface area contributed by atoms with Crippen LogP contribution >= 0.6 is 0 Å². The topological polar surface area (TPSA) is 69.0 Å². The summed E-state index contributed by atoms with van der Waals surface area (Å²) in [5, 5.41) is 14.4. The molecule has 22 heavy (non-hydrogen) atoms. The van der Waals surface area contributed by atoms with Gasteiger partial charge in [0.2, 0.25) is 0 Å². The first-order valence-electron chi connectivity index (χ1n) is 7.66. The summed E-state index contributed by atoms with van der Waals surface area (Å²) >= 11 is 0. The van der Waals surface area contributed by atoms with Crippen molar-refractivity contribution in [2.45, 2.75) is 37.3 Å². The summed E-state index contributed by atoms with van der Waals surface area (Å²) < 4.78 is 0. The lowest BCUT2D eigenvalue weighted by molar-refractivity contribution is 0.0453. The Kier molecular flexibility index (Phi) is 4.14. The van der Waals surface area contributed by atoms with E-state index in [1.807, 2.05) is 42.5 Å². The Labute approximate surface area is 130 Å². The Morgan fingerprint density at radius 1 is 1.00 bits per heavy atom. The number of aliphatic hydroxyl groups excluding tert-OH is 1. The zero-order chi connectivity index (χ0) is 15.4. The van der Waals surface area contributed by atoms with E-state index in [4.69, 9.17) is 5.53 Å². The summed E-state index contributed by atoms with van der Waals surface area (Å²) in [6, 6.07) is 18.2. The Morgan fingerprint density at radius 3 is 2.32 bits per heavy atom. The Balaban J connectivity index is 1.98. The quantitative estimate of drug-likeness (QED) is 0.493. The molecule has 0 saturated heterocycles. The van der Waals surface area contributed by atoms with Gasteiger partial charge < -0.3 is 5.11 Å². The monoisotopic (exact) mass is 293 g/mol. The third kappa shape index (κ3) is 2.59. The van der Waals surface area contributed by atoms with Crippen molar-refractivity contribution in [2.75, 3.05) is 0 Å². The minimum absolute atomic E-state index is 0.611. The highest BCUT2D eigenvalue weighted by Crippen LogP contribution is 2.41. The number of rotatable bonds is 3. The maximum atomic E-state index is 10.4. The summed E-state index contributed by atoms with van der Waals surface area (Å²) in [6.45, 7) is 0. The second-order valence-corrected chi connectivity index (χ2v) is 5.82. The van der Waals surface area contributed by atoms with E-state index >= 15 is 0 Å². The molecule has 0 unspecified atom stereocenters. The highest BCUT2D eigenvalue weighted by atomic mass is 16.3. The maximum Gasteiger partial charge on any atom is 0.0996 e. The smallest absolute Gasteiger partial charge is 0.0996 e. The first-order valence-corrected chi connectivity index (χ1v) is 7.66. The molecule has 1 aliphatic rings. The van der Waals surface area contributed by atoms with Crippen molar-refractivity contribution in [3.8, 4) is 11.1 Å². The summed E-state index contributed by atoms with van der Waals surface area (Å²) in [5.74, 6) is 0. The van der Waals surface area contributed by atoms with E-state index in [-0.39, 0.29) is 0 Å². The molecule has 3 rings (SSSR count). The van der Waals surface area contributed by atoms with Gasteiger partial charge in [-0.05, 0) is 35.1 Å². The van der Waals surface area contributed by atoms with Gasteiger partial charge in [-0.2, -0.15) is 0 Å². The second-order valence-electron chi connectivity index (χ2n) is 5.82. The normalized spacial score (nSPS) is 24.5. The van der Waals surface area contributed by atoms with Gasteiger partial charge in [0.25, 0.3) is 0 Å². The number of hydrogen-bond donors (Lipinski definition) is 1. The van der Waals surface area contributed by atoms with E-state index in [9.17, 15) is 5.11 Å². The van der Waals surface area contributed by atoms with Crippen LogP contribution in [0.3, 0.4) is 0 Å². The van der Waals surface area contributed by atoms with Crippen LogP contribution < -0.4 is 0 Å². The molecule has 2 aromatic rings. The van der Waals surface area contributed by atoms with Gasteiger partial charge in [-0.25, -0.2) is 0 Å². The number of aliphatic hydroxyl groups is 1. The van der Waals surface area contributed by atoms with Crippen molar-refractivity contribution in [3.05, 3.63) is 70.6 Å². The average Bonchev–Trinajstić information content (AvgIpc) is 2.58. The van der Waals surface area contributed by atoms with Crippen LogP contribution in [-0.2, 0) is 5.54 Å². The van der Waals surface area contributed by atoms with Crippen molar-refractivity contribution in [1.29, 1.82) is 0 Å². The number of benzene rings is 2. The zero-order valence-electron chi connectivity index (χ0n) is 12.4. The molecule has 1 saturated carbocycles. The van der Waals surface area contributed by atoms with Gasteiger partial charge in [-0.15, -0.1) is 0 Å². The Morgan fingerprint density at radius 2 is 1.68 bits per heavy atom. The third-order valence-electron chi connectivity index (χ3n) is 4.55. The molecular formula is C18H19N3O. The van der Waals surface area contributed by atoms with Gasteiger partial charge in [0.1, 0.15) is 0 Å². The molecule has 2 aromatic carbocycles. The van der Waals surface area contributed by atoms with E-state index in [1.165, 1.54) is 0 Å². The van der Waals surface area contributed by atoms with Crippen LogP contribution in [0.5, 0.6) is 0 Å². The zero-order valence-corrected chi connectivity index (χ0v) is 12.4. The van der Waals surface area contributed by atoms with Gasteiger partial charge >= 0.3 is 0 Å². The van der Waals surface area contributed by atoms with Crippen LogP contribution in [0.25, 0.3) is 21.6 Å². The van der Waals surface area contributed by atoms with Crippen molar-refractivity contribution >= 4 is 0 Å². The first-order chi connectivity index (χ1) is 10.8. The van der Waals surface area contributed by atoms with Gasteiger partial charge in [-0.1, -0.05) is 72.6 Å². The molecule has 0 bridgehead atoms. The van der Waals surface area contributed by atoms with Gasteiger partial charge in [-0.3, -0.25) is 0 Å². The second kappa shape index (κ2) is 6.22. The number of nitrogens with zero attached hydrogens (tertiary/aromatic N) is 3. The molecule has 4 heteroatoms. The minimum atomic E-state index is -0.817. The largest absolute Gasteiger partial charge is 0.392 e. The standard InChI is InChI=1S/C18H19N3O/c19-21-20-18(13-5-4-8-17(18)22)16-11-9-15(10-12-16)14-6-2-1-3-7-14/h1-3,6-7,9-12,17,22H,4-5,8,13H2/t17-,18-/m0/s1.